The predicted molar refractivity (Wildman–Crippen MR) is 79.1 cm³/mol. The molecule has 1 heterocycles. The summed E-state index contributed by atoms with van der Waals surface area (Å²) in [6.45, 7) is 0.360. The van der Waals surface area contributed by atoms with Gasteiger partial charge in [-0.1, -0.05) is 12.1 Å². The lowest BCUT2D eigenvalue weighted by molar-refractivity contribution is 0.0921. The van der Waals surface area contributed by atoms with Gasteiger partial charge < -0.3 is 14.8 Å². The Morgan fingerprint density at radius 3 is 2.50 bits per heavy atom. The van der Waals surface area contributed by atoms with Gasteiger partial charge in [0.2, 0.25) is 5.09 Å². The van der Waals surface area contributed by atoms with E-state index in [1.165, 1.54) is 19.2 Å². The average molecular weight is 324 g/mol. The summed E-state index contributed by atoms with van der Waals surface area (Å²) in [4.78, 5) is 11.9. The molecular weight excluding hydrogens is 308 g/mol. The lowest BCUT2D eigenvalue weighted by Gasteiger charge is -2.04. The van der Waals surface area contributed by atoms with Crippen molar-refractivity contribution >= 4 is 15.9 Å². The Morgan fingerprint density at radius 2 is 1.86 bits per heavy atom. The number of furan rings is 1. The monoisotopic (exact) mass is 324 g/mol. The molecule has 0 aliphatic heterocycles. The van der Waals surface area contributed by atoms with Crippen LogP contribution in [0.5, 0.6) is 5.75 Å². The van der Waals surface area contributed by atoms with Crippen LogP contribution in [0.3, 0.4) is 0 Å². The summed E-state index contributed by atoms with van der Waals surface area (Å²) in [6.07, 6.45) is 0.578. The maximum atomic E-state index is 11.9. The van der Waals surface area contributed by atoms with E-state index in [2.05, 4.69) is 10.0 Å². The molecule has 0 aliphatic rings. The van der Waals surface area contributed by atoms with E-state index in [-0.39, 0.29) is 16.6 Å². The van der Waals surface area contributed by atoms with E-state index in [1.807, 2.05) is 0 Å². The second-order valence-corrected chi connectivity index (χ2v) is 6.32. The van der Waals surface area contributed by atoms with Crippen LogP contribution in [0.1, 0.15) is 16.1 Å². The fourth-order valence-electron chi connectivity index (χ4n) is 1.76. The van der Waals surface area contributed by atoms with Crippen molar-refractivity contribution in [1.29, 1.82) is 0 Å². The molecule has 1 aromatic heterocycles. The van der Waals surface area contributed by atoms with E-state index < -0.39 is 15.9 Å². The fourth-order valence-corrected chi connectivity index (χ4v) is 2.41. The van der Waals surface area contributed by atoms with Gasteiger partial charge in [-0.05, 0) is 43.3 Å². The third-order valence-corrected chi connectivity index (χ3v) is 4.26. The fraction of sp³-hybridized carbons (Fsp3) is 0.214. The molecule has 0 unspecified atom stereocenters. The van der Waals surface area contributed by atoms with Crippen molar-refractivity contribution in [3.05, 3.63) is 47.7 Å². The van der Waals surface area contributed by atoms with Crippen LogP contribution in [0.15, 0.2) is 45.9 Å². The van der Waals surface area contributed by atoms with E-state index in [0.29, 0.717) is 13.0 Å². The Bertz CT molecular complexity index is 750. The predicted octanol–water partition coefficient (Wildman–Crippen LogP) is 0.866. The van der Waals surface area contributed by atoms with Crippen LogP contribution in [0.25, 0.3) is 0 Å². The molecule has 7 nitrogen and oxygen atoms in total. The molecule has 0 spiro atoms. The number of amides is 1. The van der Waals surface area contributed by atoms with Gasteiger partial charge in [-0.25, -0.2) is 13.1 Å². The smallest absolute Gasteiger partial charge is 0.287 e. The molecule has 0 atom stereocenters. The van der Waals surface area contributed by atoms with Gasteiger partial charge in [0.1, 0.15) is 5.75 Å². The minimum absolute atomic E-state index is 0.0699. The summed E-state index contributed by atoms with van der Waals surface area (Å²) in [7, 11) is -2.44. The number of nitrogens with one attached hydrogen (secondary N) is 2. The first kappa shape index (κ1) is 16.1. The van der Waals surface area contributed by atoms with Crippen LogP contribution in [-0.4, -0.2) is 33.0 Å². The number of sulfonamides is 1. The zero-order valence-electron chi connectivity index (χ0n) is 11.9. The highest BCUT2D eigenvalue weighted by Gasteiger charge is 2.19. The van der Waals surface area contributed by atoms with Crippen LogP contribution in [0, 0.1) is 0 Å². The molecule has 2 rings (SSSR count). The quantitative estimate of drug-likeness (QED) is 0.730. The maximum absolute atomic E-state index is 11.9. The zero-order chi connectivity index (χ0) is 16.2. The molecule has 3 N–H and O–H groups in total. The molecule has 118 valence electrons. The highest BCUT2D eigenvalue weighted by atomic mass is 32.2. The number of phenolic OH excluding ortho intramolecular Hbond substituents is 1. The van der Waals surface area contributed by atoms with Gasteiger partial charge in [-0.15, -0.1) is 0 Å². The Labute approximate surface area is 128 Å². The summed E-state index contributed by atoms with van der Waals surface area (Å²) >= 11 is 0. The van der Waals surface area contributed by atoms with Gasteiger partial charge in [0.15, 0.2) is 5.76 Å². The molecule has 0 saturated carbocycles. The summed E-state index contributed by atoms with van der Waals surface area (Å²) in [5.74, 6) is -0.377. The molecule has 2 aromatic rings. The molecule has 1 amide bonds. The van der Waals surface area contributed by atoms with Crippen molar-refractivity contribution < 1.29 is 22.7 Å². The largest absolute Gasteiger partial charge is 0.508 e. The van der Waals surface area contributed by atoms with E-state index in [9.17, 15) is 18.3 Å². The van der Waals surface area contributed by atoms with E-state index >= 15 is 0 Å². The molecule has 0 radical (unpaired) electrons. The highest BCUT2D eigenvalue weighted by molar-refractivity contribution is 7.89. The third kappa shape index (κ3) is 3.86. The molecule has 22 heavy (non-hydrogen) atoms. The third-order valence-electron chi connectivity index (χ3n) is 2.97. The van der Waals surface area contributed by atoms with Gasteiger partial charge in [0.05, 0.1) is 0 Å². The van der Waals surface area contributed by atoms with Gasteiger partial charge in [0.25, 0.3) is 15.9 Å². The molecule has 0 saturated heterocycles. The lowest BCUT2D eigenvalue weighted by atomic mass is 10.1. The van der Waals surface area contributed by atoms with Crippen LogP contribution in [0.4, 0.5) is 0 Å². The minimum atomic E-state index is -3.70. The number of hydrogen-bond donors (Lipinski definition) is 3. The summed E-state index contributed by atoms with van der Waals surface area (Å²) in [5, 5.41) is 11.5. The van der Waals surface area contributed by atoms with Gasteiger partial charge in [-0.2, -0.15) is 0 Å². The van der Waals surface area contributed by atoms with Crippen molar-refractivity contribution in [2.45, 2.75) is 11.5 Å². The first-order valence-electron chi connectivity index (χ1n) is 6.52. The first-order chi connectivity index (χ1) is 10.4. The molecule has 0 fully saturated rings. The maximum Gasteiger partial charge on any atom is 0.287 e. The first-order valence-corrected chi connectivity index (χ1v) is 8.00. The van der Waals surface area contributed by atoms with Gasteiger partial charge in [0, 0.05) is 6.54 Å². The Hall–Kier alpha value is -2.32. The van der Waals surface area contributed by atoms with E-state index in [0.717, 1.165) is 5.56 Å². The lowest BCUT2D eigenvalue weighted by Crippen LogP contribution is -2.25. The highest BCUT2D eigenvalue weighted by Crippen LogP contribution is 2.13. The summed E-state index contributed by atoms with van der Waals surface area (Å²) in [5.41, 5.74) is 0.955. The Morgan fingerprint density at radius 1 is 1.18 bits per heavy atom. The van der Waals surface area contributed by atoms with Crippen LogP contribution >= 0.6 is 0 Å². The summed E-state index contributed by atoms with van der Waals surface area (Å²) in [6, 6.07) is 9.18. The second-order valence-electron chi connectivity index (χ2n) is 4.50. The van der Waals surface area contributed by atoms with E-state index in [1.54, 1.807) is 24.3 Å². The Balaban J connectivity index is 1.91. The number of benzene rings is 1. The summed E-state index contributed by atoms with van der Waals surface area (Å²) < 4.78 is 30.1. The molecular formula is C14H16N2O5S. The van der Waals surface area contributed by atoms with Crippen LogP contribution in [0.2, 0.25) is 0 Å². The standard InChI is InChI=1S/C14H16N2O5S/c1-15-22(19,20)13-7-6-12(21-13)14(18)16-9-8-10-2-4-11(17)5-3-10/h2-7,15,17H,8-9H2,1H3,(H,16,18). The van der Waals surface area contributed by atoms with Crippen molar-refractivity contribution in [2.24, 2.45) is 0 Å². The number of carbonyl (C=O) groups excluding carboxylic acids is 1. The zero-order valence-corrected chi connectivity index (χ0v) is 12.7. The number of hydrogen-bond acceptors (Lipinski definition) is 5. The second kappa shape index (κ2) is 6.63. The van der Waals surface area contributed by atoms with Crippen molar-refractivity contribution in [2.75, 3.05) is 13.6 Å². The van der Waals surface area contributed by atoms with Crippen LogP contribution in [-0.2, 0) is 16.4 Å². The normalized spacial score (nSPS) is 11.3. The van der Waals surface area contributed by atoms with Crippen molar-refractivity contribution in [3.8, 4) is 5.75 Å². The average Bonchev–Trinajstić information content (AvgIpc) is 3.00. The topological polar surface area (TPSA) is 109 Å². The van der Waals surface area contributed by atoms with Crippen molar-refractivity contribution in [3.63, 3.8) is 0 Å². The van der Waals surface area contributed by atoms with Gasteiger partial charge in [-0.3, -0.25) is 4.79 Å². The molecule has 8 heteroatoms. The molecule has 0 aliphatic carbocycles. The minimum Gasteiger partial charge on any atom is -0.508 e. The van der Waals surface area contributed by atoms with Crippen molar-refractivity contribution in [1.82, 2.24) is 10.0 Å². The number of carbonyl (C=O) groups is 1. The molecule has 1 aromatic carbocycles. The van der Waals surface area contributed by atoms with Crippen LogP contribution < -0.4 is 10.0 Å². The molecule has 0 bridgehead atoms. The Kier molecular flexibility index (Phi) is 4.84. The SMILES string of the molecule is CNS(=O)(=O)c1ccc(C(=O)NCCc2ccc(O)cc2)o1. The number of aromatic hydroxyl groups is 1. The van der Waals surface area contributed by atoms with Gasteiger partial charge >= 0.3 is 0 Å². The number of rotatable bonds is 6. The van der Waals surface area contributed by atoms with E-state index in [4.69, 9.17) is 4.42 Å². The number of phenols is 1.